The first-order chi connectivity index (χ1) is 9.81. The third-order valence-corrected chi connectivity index (χ3v) is 6.28. The minimum atomic E-state index is -3.62. The van der Waals surface area contributed by atoms with Crippen LogP contribution in [0.15, 0.2) is 23.2 Å². The summed E-state index contributed by atoms with van der Waals surface area (Å²) in [5.41, 5.74) is 0. The molecule has 21 heavy (non-hydrogen) atoms. The molecule has 1 fully saturated rings. The number of sulfonamides is 1. The van der Waals surface area contributed by atoms with Crippen LogP contribution in [0.1, 0.15) is 40.0 Å². The Morgan fingerprint density at radius 2 is 2.10 bits per heavy atom. The highest BCUT2D eigenvalue weighted by Gasteiger charge is 2.34. The fourth-order valence-electron chi connectivity index (χ4n) is 3.17. The Kier molecular flexibility index (Phi) is 5.28. The van der Waals surface area contributed by atoms with Crippen LogP contribution < -0.4 is 4.72 Å². The van der Waals surface area contributed by atoms with Gasteiger partial charge in [-0.2, -0.15) is 0 Å². The number of aromatic nitrogens is 1. The Bertz CT molecular complexity index is 589. The Labute approximate surface area is 132 Å². The van der Waals surface area contributed by atoms with Crippen LogP contribution in [0.2, 0.25) is 5.15 Å². The van der Waals surface area contributed by atoms with Crippen molar-refractivity contribution in [2.45, 2.75) is 51.0 Å². The van der Waals surface area contributed by atoms with Gasteiger partial charge in [0.15, 0.2) is 0 Å². The second-order valence-corrected chi connectivity index (χ2v) is 8.39. The Balaban J connectivity index is 2.23. The molecule has 118 valence electrons. The number of nitrogens with zero attached hydrogens (tertiary/aromatic N) is 1. The average molecular weight is 331 g/mol. The second-order valence-electron chi connectivity index (χ2n) is 6.35. The number of nitrogens with one attached hydrogen (secondary N) is 1. The summed E-state index contributed by atoms with van der Waals surface area (Å²) in [5, 5.41) is 0.0231. The minimum Gasteiger partial charge on any atom is -0.243 e. The van der Waals surface area contributed by atoms with Crippen LogP contribution in [-0.4, -0.2) is 19.4 Å². The van der Waals surface area contributed by atoms with E-state index in [2.05, 4.69) is 30.5 Å². The third-order valence-electron chi connectivity index (χ3n) is 4.34. The molecule has 1 heterocycles. The molecule has 3 atom stereocenters. The molecule has 0 aliphatic heterocycles. The molecular weight excluding hydrogens is 308 g/mol. The lowest BCUT2D eigenvalue weighted by Crippen LogP contribution is -2.45. The molecule has 4 nitrogen and oxygen atoms in total. The zero-order valence-electron chi connectivity index (χ0n) is 12.7. The predicted molar refractivity (Wildman–Crippen MR) is 84.7 cm³/mol. The fraction of sp³-hybridized carbons (Fsp3) is 0.667. The molecule has 0 amide bonds. The van der Waals surface area contributed by atoms with Crippen molar-refractivity contribution in [1.29, 1.82) is 0 Å². The first-order valence-electron chi connectivity index (χ1n) is 7.44. The Hall–Kier alpha value is -0.650. The number of hydrogen-bond acceptors (Lipinski definition) is 3. The number of rotatable bonds is 4. The molecule has 1 aliphatic rings. The molecule has 3 unspecified atom stereocenters. The summed E-state index contributed by atoms with van der Waals surface area (Å²) in [4.78, 5) is 3.92. The van der Waals surface area contributed by atoms with E-state index in [1.807, 2.05) is 0 Å². The largest absolute Gasteiger partial charge is 0.243 e. The molecule has 1 aromatic heterocycles. The van der Waals surface area contributed by atoms with Gasteiger partial charge < -0.3 is 0 Å². The smallest absolute Gasteiger partial charge is 0.243 e. The van der Waals surface area contributed by atoms with Gasteiger partial charge in [-0.15, -0.1) is 0 Å². The summed E-state index contributed by atoms with van der Waals surface area (Å²) in [7, 11) is -3.62. The maximum Gasteiger partial charge on any atom is 0.243 e. The van der Waals surface area contributed by atoms with Gasteiger partial charge in [0.2, 0.25) is 10.0 Å². The predicted octanol–water partition coefficient (Wildman–Crippen LogP) is 3.47. The Morgan fingerprint density at radius 3 is 2.71 bits per heavy atom. The summed E-state index contributed by atoms with van der Waals surface area (Å²) in [5.74, 6) is 1.36. The van der Waals surface area contributed by atoms with Crippen molar-refractivity contribution in [3.63, 3.8) is 0 Å². The summed E-state index contributed by atoms with van der Waals surface area (Å²) in [6.45, 7) is 6.48. The SMILES string of the molecule is CC1CCC(C(C)C)C(NS(=O)(=O)c2cccnc2Cl)C1. The Morgan fingerprint density at radius 1 is 1.38 bits per heavy atom. The number of halogens is 1. The monoisotopic (exact) mass is 330 g/mol. The summed E-state index contributed by atoms with van der Waals surface area (Å²) < 4.78 is 28.0. The number of pyridine rings is 1. The van der Waals surface area contributed by atoms with E-state index in [1.165, 1.54) is 12.3 Å². The quantitative estimate of drug-likeness (QED) is 0.860. The number of hydrogen-bond donors (Lipinski definition) is 1. The van der Waals surface area contributed by atoms with Gasteiger partial charge in [0.05, 0.1) is 0 Å². The molecule has 1 aromatic rings. The molecule has 0 bridgehead atoms. The van der Waals surface area contributed by atoms with Gasteiger partial charge in [0, 0.05) is 12.2 Å². The summed E-state index contributed by atoms with van der Waals surface area (Å²) in [6, 6.07) is 3.05. The second kappa shape index (κ2) is 6.63. The van der Waals surface area contributed by atoms with Gasteiger partial charge in [-0.25, -0.2) is 18.1 Å². The van der Waals surface area contributed by atoms with Crippen LogP contribution in [-0.2, 0) is 10.0 Å². The molecule has 0 aromatic carbocycles. The van der Waals surface area contributed by atoms with Crippen molar-refractivity contribution >= 4 is 21.6 Å². The van der Waals surface area contributed by atoms with Crippen LogP contribution in [0.25, 0.3) is 0 Å². The standard InChI is InChI=1S/C15H23ClN2O2S/c1-10(2)12-7-6-11(3)9-13(12)18-21(19,20)14-5-4-8-17-15(14)16/h4-5,8,10-13,18H,6-7,9H2,1-3H3. The minimum absolute atomic E-state index is 0.0231. The van der Waals surface area contributed by atoms with E-state index < -0.39 is 10.0 Å². The first-order valence-corrected chi connectivity index (χ1v) is 9.30. The van der Waals surface area contributed by atoms with Gasteiger partial charge in [-0.1, -0.05) is 38.8 Å². The topological polar surface area (TPSA) is 59.1 Å². The highest BCUT2D eigenvalue weighted by molar-refractivity contribution is 7.89. The lowest BCUT2D eigenvalue weighted by Gasteiger charge is -2.37. The van der Waals surface area contributed by atoms with Crippen molar-refractivity contribution in [2.75, 3.05) is 0 Å². The lowest BCUT2D eigenvalue weighted by atomic mass is 9.74. The van der Waals surface area contributed by atoms with Crippen molar-refractivity contribution in [1.82, 2.24) is 9.71 Å². The van der Waals surface area contributed by atoms with Crippen molar-refractivity contribution < 1.29 is 8.42 Å². The third kappa shape index (κ3) is 3.96. The van der Waals surface area contributed by atoms with Crippen LogP contribution in [0.3, 0.4) is 0 Å². The molecule has 0 saturated heterocycles. The first kappa shape index (κ1) is 16.7. The van der Waals surface area contributed by atoms with E-state index in [1.54, 1.807) is 6.07 Å². The van der Waals surface area contributed by atoms with E-state index >= 15 is 0 Å². The van der Waals surface area contributed by atoms with Gasteiger partial charge >= 0.3 is 0 Å². The maximum absolute atomic E-state index is 12.6. The van der Waals surface area contributed by atoms with E-state index in [0.29, 0.717) is 17.8 Å². The maximum atomic E-state index is 12.6. The molecule has 1 N–H and O–H groups in total. The van der Waals surface area contributed by atoms with Gasteiger partial charge in [-0.05, 0) is 42.7 Å². The molecule has 1 saturated carbocycles. The van der Waals surface area contributed by atoms with Crippen molar-refractivity contribution in [3.8, 4) is 0 Å². The molecule has 1 aliphatic carbocycles. The van der Waals surface area contributed by atoms with Crippen LogP contribution >= 0.6 is 11.6 Å². The van der Waals surface area contributed by atoms with Crippen LogP contribution in [0.5, 0.6) is 0 Å². The van der Waals surface area contributed by atoms with Gasteiger partial charge in [0.1, 0.15) is 10.0 Å². The van der Waals surface area contributed by atoms with E-state index in [9.17, 15) is 8.42 Å². The summed E-state index contributed by atoms with van der Waals surface area (Å²) >= 11 is 5.92. The summed E-state index contributed by atoms with van der Waals surface area (Å²) in [6.07, 6.45) is 4.59. The zero-order valence-corrected chi connectivity index (χ0v) is 14.3. The van der Waals surface area contributed by atoms with Gasteiger partial charge in [0.25, 0.3) is 0 Å². The van der Waals surface area contributed by atoms with E-state index in [-0.39, 0.29) is 16.1 Å². The lowest BCUT2D eigenvalue weighted by molar-refractivity contribution is 0.188. The zero-order chi connectivity index (χ0) is 15.6. The van der Waals surface area contributed by atoms with Gasteiger partial charge in [-0.3, -0.25) is 0 Å². The molecule has 2 rings (SSSR count). The van der Waals surface area contributed by atoms with Crippen molar-refractivity contribution in [2.24, 2.45) is 17.8 Å². The highest BCUT2D eigenvalue weighted by atomic mass is 35.5. The average Bonchev–Trinajstić information content (AvgIpc) is 2.38. The van der Waals surface area contributed by atoms with E-state index in [0.717, 1.165) is 19.3 Å². The fourth-order valence-corrected chi connectivity index (χ4v) is 4.93. The molecule has 0 spiro atoms. The molecule has 6 heteroatoms. The highest BCUT2D eigenvalue weighted by Crippen LogP contribution is 2.34. The molecule has 0 radical (unpaired) electrons. The van der Waals surface area contributed by atoms with Crippen molar-refractivity contribution in [3.05, 3.63) is 23.5 Å². The van der Waals surface area contributed by atoms with Crippen LogP contribution in [0, 0.1) is 17.8 Å². The molecular formula is C15H23ClN2O2S. The van der Waals surface area contributed by atoms with Crippen LogP contribution in [0.4, 0.5) is 0 Å². The normalized spacial score (nSPS) is 27.0. The van der Waals surface area contributed by atoms with E-state index in [4.69, 9.17) is 11.6 Å².